The molecule has 0 amide bonds. The van der Waals surface area contributed by atoms with Crippen LogP contribution in [0.2, 0.25) is 0 Å². The lowest BCUT2D eigenvalue weighted by molar-refractivity contribution is 0.242. The number of benzene rings is 2. The van der Waals surface area contributed by atoms with E-state index >= 15 is 0 Å². The van der Waals surface area contributed by atoms with E-state index in [1.165, 1.54) is 6.07 Å². The molecule has 19 heavy (non-hydrogen) atoms. The molecular weight excluding hydrogens is 245 g/mol. The summed E-state index contributed by atoms with van der Waals surface area (Å²) in [5.41, 5.74) is 6.35. The number of anilines is 1. The molecule has 2 aromatic carbocycles. The number of rotatable bonds is 6. The third-order valence-corrected chi connectivity index (χ3v) is 2.56. The number of hydrogen-bond acceptors (Lipinski definition) is 3. The van der Waals surface area contributed by atoms with Gasteiger partial charge in [0.15, 0.2) is 11.6 Å². The molecule has 0 spiro atoms. The lowest BCUT2D eigenvalue weighted by atomic mass is 10.3. The van der Waals surface area contributed by atoms with Crippen molar-refractivity contribution in [1.82, 2.24) is 0 Å². The Hall–Kier alpha value is -2.23. The lowest BCUT2D eigenvalue weighted by Gasteiger charge is -2.09. The van der Waals surface area contributed by atoms with Gasteiger partial charge in [-0.15, -0.1) is 0 Å². The minimum Gasteiger partial charge on any atom is -0.491 e. The minimum absolute atomic E-state index is 0.265. The predicted molar refractivity (Wildman–Crippen MR) is 72.9 cm³/mol. The lowest BCUT2D eigenvalue weighted by Crippen LogP contribution is -2.06. The van der Waals surface area contributed by atoms with Crippen LogP contribution in [0.25, 0.3) is 0 Å². The summed E-state index contributed by atoms with van der Waals surface area (Å²) in [6.45, 7) is 0.871. The number of para-hydroxylation sites is 3. The van der Waals surface area contributed by atoms with E-state index in [9.17, 15) is 4.39 Å². The topological polar surface area (TPSA) is 44.5 Å². The summed E-state index contributed by atoms with van der Waals surface area (Å²) in [6, 6.07) is 13.6. The fourth-order valence-electron chi connectivity index (χ4n) is 1.60. The molecule has 0 aliphatic rings. The molecule has 0 radical (unpaired) electrons. The van der Waals surface area contributed by atoms with Crippen molar-refractivity contribution in [2.45, 2.75) is 6.42 Å². The molecule has 0 atom stereocenters. The van der Waals surface area contributed by atoms with Crippen LogP contribution < -0.4 is 15.2 Å². The average molecular weight is 261 g/mol. The van der Waals surface area contributed by atoms with Crippen LogP contribution in [-0.4, -0.2) is 13.2 Å². The van der Waals surface area contributed by atoms with Crippen molar-refractivity contribution in [3.05, 3.63) is 54.3 Å². The van der Waals surface area contributed by atoms with Crippen molar-refractivity contribution >= 4 is 5.69 Å². The number of nitrogens with two attached hydrogens (primary N) is 1. The molecule has 0 fully saturated rings. The molecule has 0 saturated carbocycles. The van der Waals surface area contributed by atoms with Crippen LogP contribution in [0, 0.1) is 5.82 Å². The van der Waals surface area contributed by atoms with Gasteiger partial charge in [0.05, 0.1) is 18.9 Å². The summed E-state index contributed by atoms with van der Waals surface area (Å²) in [4.78, 5) is 0. The first-order valence-corrected chi connectivity index (χ1v) is 6.12. The quantitative estimate of drug-likeness (QED) is 0.641. The molecule has 3 nitrogen and oxygen atoms in total. The van der Waals surface area contributed by atoms with Crippen LogP contribution >= 0.6 is 0 Å². The van der Waals surface area contributed by atoms with Gasteiger partial charge in [-0.05, 0) is 24.3 Å². The van der Waals surface area contributed by atoms with E-state index in [1.54, 1.807) is 24.3 Å². The molecule has 0 aromatic heterocycles. The van der Waals surface area contributed by atoms with Gasteiger partial charge in [-0.25, -0.2) is 4.39 Å². The first-order chi connectivity index (χ1) is 9.27. The summed E-state index contributed by atoms with van der Waals surface area (Å²) >= 11 is 0. The van der Waals surface area contributed by atoms with Gasteiger partial charge in [0.25, 0.3) is 0 Å². The molecule has 4 heteroatoms. The summed E-state index contributed by atoms with van der Waals surface area (Å²) in [6.07, 6.45) is 0.655. The highest BCUT2D eigenvalue weighted by Crippen LogP contribution is 2.20. The monoisotopic (exact) mass is 261 g/mol. The molecule has 0 saturated heterocycles. The van der Waals surface area contributed by atoms with Gasteiger partial charge in [0.2, 0.25) is 0 Å². The van der Waals surface area contributed by atoms with E-state index in [0.717, 1.165) is 0 Å². The Morgan fingerprint density at radius 3 is 2.11 bits per heavy atom. The van der Waals surface area contributed by atoms with Crippen molar-refractivity contribution in [3.63, 3.8) is 0 Å². The molecule has 2 rings (SSSR count). The number of halogens is 1. The molecule has 100 valence electrons. The fraction of sp³-hybridized carbons (Fsp3) is 0.200. The third-order valence-electron chi connectivity index (χ3n) is 2.56. The smallest absolute Gasteiger partial charge is 0.165 e. The van der Waals surface area contributed by atoms with Gasteiger partial charge in [-0.3, -0.25) is 0 Å². The molecule has 0 aliphatic carbocycles. The Morgan fingerprint density at radius 1 is 0.842 bits per heavy atom. The molecule has 0 unspecified atom stereocenters. The normalized spacial score (nSPS) is 10.2. The highest BCUT2D eigenvalue weighted by atomic mass is 19.1. The first-order valence-electron chi connectivity index (χ1n) is 6.12. The van der Waals surface area contributed by atoms with Gasteiger partial charge >= 0.3 is 0 Å². The van der Waals surface area contributed by atoms with E-state index in [1.807, 2.05) is 18.2 Å². The second-order valence-corrected chi connectivity index (χ2v) is 4.02. The summed E-state index contributed by atoms with van der Waals surface area (Å²) in [7, 11) is 0. The Bertz CT molecular complexity index is 484. The Balaban J connectivity index is 1.71. The Labute approximate surface area is 111 Å². The van der Waals surface area contributed by atoms with Crippen molar-refractivity contribution in [2.24, 2.45) is 0 Å². The van der Waals surface area contributed by atoms with Gasteiger partial charge in [0, 0.05) is 6.42 Å². The SMILES string of the molecule is Nc1ccccc1OCCCOc1ccccc1F. The maximum atomic E-state index is 13.2. The van der Waals surface area contributed by atoms with Gasteiger partial charge in [-0.1, -0.05) is 24.3 Å². The van der Waals surface area contributed by atoms with Gasteiger partial charge in [0.1, 0.15) is 5.75 Å². The van der Waals surface area contributed by atoms with E-state index in [0.29, 0.717) is 31.1 Å². The van der Waals surface area contributed by atoms with E-state index in [4.69, 9.17) is 15.2 Å². The van der Waals surface area contributed by atoms with Crippen LogP contribution in [0.4, 0.5) is 10.1 Å². The average Bonchev–Trinajstić information content (AvgIpc) is 2.42. The van der Waals surface area contributed by atoms with E-state index < -0.39 is 0 Å². The zero-order valence-electron chi connectivity index (χ0n) is 10.5. The number of ether oxygens (including phenoxy) is 2. The minimum atomic E-state index is -0.351. The molecule has 0 bridgehead atoms. The first kappa shape index (κ1) is 13.2. The van der Waals surface area contributed by atoms with Crippen molar-refractivity contribution in [2.75, 3.05) is 18.9 Å². The standard InChI is InChI=1S/C15H16FNO2/c16-12-6-1-3-8-14(12)18-10-5-11-19-15-9-4-2-7-13(15)17/h1-4,6-9H,5,10-11,17H2. The van der Waals surface area contributed by atoms with Crippen molar-refractivity contribution < 1.29 is 13.9 Å². The second kappa shape index (κ2) is 6.64. The molecule has 0 heterocycles. The maximum absolute atomic E-state index is 13.2. The van der Waals surface area contributed by atoms with Crippen LogP contribution in [0.1, 0.15) is 6.42 Å². The maximum Gasteiger partial charge on any atom is 0.165 e. The Morgan fingerprint density at radius 2 is 1.42 bits per heavy atom. The fourth-order valence-corrected chi connectivity index (χ4v) is 1.60. The van der Waals surface area contributed by atoms with Crippen molar-refractivity contribution in [3.8, 4) is 11.5 Å². The number of nitrogen functional groups attached to an aromatic ring is 1. The third kappa shape index (κ3) is 3.88. The molecule has 2 N–H and O–H groups in total. The largest absolute Gasteiger partial charge is 0.491 e. The van der Waals surface area contributed by atoms with Crippen LogP contribution in [0.5, 0.6) is 11.5 Å². The molecule has 2 aromatic rings. The molecule has 0 aliphatic heterocycles. The summed E-state index contributed by atoms with van der Waals surface area (Å²) in [5.74, 6) is 0.575. The summed E-state index contributed by atoms with van der Waals surface area (Å²) < 4.78 is 24.1. The van der Waals surface area contributed by atoms with Crippen LogP contribution in [-0.2, 0) is 0 Å². The van der Waals surface area contributed by atoms with Crippen LogP contribution in [0.3, 0.4) is 0 Å². The zero-order chi connectivity index (χ0) is 13.5. The summed E-state index contributed by atoms with van der Waals surface area (Å²) in [5, 5.41) is 0. The highest BCUT2D eigenvalue weighted by Gasteiger charge is 2.01. The number of hydrogen-bond donors (Lipinski definition) is 1. The zero-order valence-corrected chi connectivity index (χ0v) is 10.5. The highest BCUT2D eigenvalue weighted by molar-refractivity contribution is 5.51. The van der Waals surface area contributed by atoms with E-state index in [-0.39, 0.29) is 11.6 Å². The predicted octanol–water partition coefficient (Wildman–Crippen LogP) is 3.26. The van der Waals surface area contributed by atoms with Crippen molar-refractivity contribution in [1.29, 1.82) is 0 Å². The van der Waals surface area contributed by atoms with Gasteiger partial charge < -0.3 is 15.2 Å². The van der Waals surface area contributed by atoms with Crippen LogP contribution in [0.15, 0.2) is 48.5 Å². The van der Waals surface area contributed by atoms with Gasteiger partial charge in [-0.2, -0.15) is 0 Å². The Kier molecular flexibility index (Phi) is 4.61. The second-order valence-electron chi connectivity index (χ2n) is 4.02. The molecular formula is C15H16FNO2. The van der Waals surface area contributed by atoms with E-state index in [2.05, 4.69) is 0 Å².